The zero-order valence-corrected chi connectivity index (χ0v) is 11.8. The summed E-state index contributed by atoms with van der Waals surface area (Å²) >= 11 is 0. The molecule has 0 aliphatic carbocycles. The van der Waals surface area contributed by atoms with Crippen molar-refractivity contribution in [1.82, 2.24) is 5.32 Å². The summed E-state index contributed by atoms with van der Waals surface area (Å²) in [5, 5.41) is 2.85. The first-order valence-corrected chi connectivity index (χ1v) is 6.67. The molecule has 0 radical (unpaired) electrons. The number of nitrogens with two attached hydrogens (primary N) is 1. The van der Waals surface area contributed by atoms with Crippen molar-refractivity contribution in [3.63, 3.8) is 0 Å². The van der Waals surface area contributed by atoms with Crippen LogP contribution in [-0.4, -0.2) is 32.2 Å². The maximum absolute atomic E-state index is 11.6. The fourth-order valence-corrected chi connectivity index (χ4v) is 1.59. The van der Waals surface area contributed by atoms with E-state index in [4.69, 9.17) is 10.5 Å². The molecule has 0 saturated heterocycles. The number of hydrogen-bond donors (Lipinski definition) is 2. The van der Waals surface area contributed by atoms with Crippen LogP contribution in [0.3, 0.4) is 0 Å². The van der Waals surface area contributed by atoms with E-state index in [1.54, 1.807) is 0 Å². The Morgan fingerprint density at radius 2 is 2.11 bits per heavy atom. The van der Waals surface area contributed by atoms with Crippen molar-refractivity contribution in [2.24, 2.45) is 11.1 Å². The first-order chi connectivity index (χ1) is 8.52. The molecule has 0 unspecified atom stereocenters. The molecule has 4 heteroatoms. The van der Waals surface area contributed by atoms with Gasteiger partial charge < -0.3 is 15.8 Å². The van der Waals surface area contributed by atoms with Crippen molar-refractivity contribution >= 4 is 5.91 Å². The third kappa shape index (κ3) is 10.3. The number of nitrogens with one attached hydrogen (secondary N) is 1. The lowest BCUT2D eigenvalue weighted by atomic mass is 9.84. The first kappa shape index (κ1) is 17.1. The molecular formula is C14H28N2O2. The monoisotopic (exact) mass is 256 g/mol. The van der Waals surface area contributed by atoms with E-state index in [2.05, 4.69) is 25.7 Å². The van der Waals surface area contributed by atoms with Crippen LogP contribution in [0.15, 0.2) is 12.7 Å². The number of hydrogen-bond acceptors (Lipinski definition) is 3. The number of rotatable bonds is 11. The highest BCUT2D eigenvalue weighted by molar-refractivity contribution is 5.75. The van der Waals surface area contributed by atoms with Gasteiger partial charge in [-0.3, -0.25) is 4.79 Å². The minimum absolute atomic E-state index is 0.0902. The first-order valence-electron chi connectivity index (χ1n) is 6.67. The second-order valence-corrected chi connectivity index (χ2v) is 5.24. The van der Waals surface area contributed by atoms with Gasteiger partial charge in [-0.05, 0) is 31.2 Å². The van der Waals surface area contributed by atoms with Crippen molar-refractivity contribution in [1.29, 1.82) is 0 Å². The molecule has 0 aromatic heterocycles. The number of amides is 1. The zero-order valence-electron chi connectivity index (χ0n) is 11.8. The van der Waals surface area contributed by atoms with E-state index >= 15 is 0 Å². The molecule has 0 aromatic carbocycles. The smallest absolute Gasteiger partial charge is 0.220 e. The van der Waals surface area contributed by atoms with Crippen molar-refractivity contribution < 1.29 is 9.53 Å². The van der Waals surface area contributed by atoms with Crippen LogP contribution in [-0.2, 0) is 9.53 Å². The SMILES string of the molecule is C=CCCOCCNC(=O)CCC(C)(C)CCN. The van der Waals surface area contributed by atoms with Crippen LogP contribution in [0, 0.1) is 5.41 Å². The molecule has 106 valence electrons. The van der Waals surface area contributed by atoms with Crippen LogP contribution in [0.4, 0.5) is 0 Å². The highest BCUT2D eigenvalue weighted by Gasteiger charge is 2.17. The molecule has 0 aliphatic heterocycles. The summed E-state index contributed by atoms with van der Waals surface area (Å²) in [4.78, 5) is 11.6. The Bertz CT molecular complexity index is 240. The molecule has 0 heterocycles. The fraction of sp³-hybridized carbons (Fsp3) is 0.786. The average Bonchev–Trinajstić information content (AvgIpc) is 2.31. The molecule has 1 amide bonds. The summed E-state index contributed by atoms with van der Waals surface area (Å²) in [7, 11) is 0. The quantitative estimate of drug-likeness (QED) is 0.438. The van der Waals surface area contributed by atoms with Gasteiger partial charge in [-0.15, -0.1) is 6.58 Å². The van der Waals surface area contributed by atoms with Gasteiger partial charge in [-0.2, -0.15) is 0 Å². The van der Waals surface area contributed by atoms with Gasteiger partial charge in [-0.25, -0.2) is 0 Å². The summed E-state index contributed by atoms with van der Waals surface area (Å²) in [5.41, 5.74) is 5.68. The largest absolute Gasteiger partial charge is 0.379 e. The van der Waals surface area contributed by atoms with Gasteiger partial charge in [0.05, 0.1) is 13.2 Å². The van der Waals surface area contributed by atoms with Gasteiger partial charge in [0, 0.05) is 13.0 Å². The highest BCUT2D eigenvalue weighted by atomic mass is 16.5. The van der Waals surface area contributed by atoms with E-state index in [0.717, 1.165) is 19.3 Å². The molecule has 4 nitrogen and oxygen atoms in total. The van der Waals surface area contributed by atoms with E-state index in [0.29, 0.717) is 32.7 Å². The lowest BCUT2D eigenvalue weighted by Gasteiger charge is -2.23. The van der Waals surface area contributed by atoms with Gasteiger partial charge in [0.15, 0.2) is 0 Å². The van der Waals surface area contributed by atoms with Crippen LogP contribution in [0.25, 0.3) is 0 Å². The summed E-state index contributed by atoms with van der Waals surface area (Å²) in [5.74, 6) is 0.0902. The molecule has 0 rings (SSSR count). The van der Waals surface area contributed by atoms with Crippen molar-refractivity contribution in [2.45, 2.75) is 39.5 Å². The Kier molecular flexibility index (Phi) is 9.60. The molecule has 0 fully saturated rings. The lowest BCUT2D eigenvalue weighted by Crippen LogP contribution is -2.29. The number of carbonyl (C=O) groups excluding carboxylic acids is 1. The third-order valence-corrected chi connectivity index (χ3v) is 2.88. The molecule has 0 atom stereocenters. The van der Waals surface area contributed by atoms with Crippen molar-refractivity contribution in [2.75, 3.05) is 26.3 Å². The van der Waals surface area contributed by atoms with E-state index < -0.39 is 0 Å². The fourth-order valence-electron chi connectivity index (χ4n) is 1.59. The molecule has 0 saturated carbocycles. The van der Waals surface area contributed by atoms with Crippen molar-refractivity contribution in [3.05, 3.63) is 12.7 Å². The normalized spacial score (nSPS) is 11.3. The summed E-state index contributed by atoms with van der Waals surface area (Å²) < 4.78 is 5.31. The average molecular weight is 256 g/mol. The number of carbonyl (C=O) groups is 1. The summed E-state index contributed by atoms with van der Waals surface area (Å²) in [6, 6.07) is 0. The van der Waals surface area contributed by atoms with Gasteiger partial charge in [0.2, 0.25) is 5.91 Å². The van der Waals surface area contributed by atoms with Crippen LogP contribution >= 0.6 is 0 Å². The van der Waals surface area contributed by atoms with Crippen LogP contribution in [0.1, 0.15) is 39.5 Å². The Morgan fingerprint density at radius 3 is 2.72 bits per heavy atom. The molecule has 0 spiro atoms. The van der Waals surface area contributed by atoms with Crippen LogP contribution in [0.2, 0.25) is 0 Å². The van der Waals surface area contributed by atoms with E-state index in [1.807, 2.05) is 6.08 Å². The Morgan fingerprint density at radius 1 is 1.39 bits per heavy atom. The highest BCUT2D eigenvalue weighted by Crippen LogP contribution is 2.25. The minimum Gasteiger partial charge on any atom is -0.379 e. The van der Waals surface area contributed by atoms with Gasteiger partial charge in [0.1, 0.15) is 0 Å². The topological polar surface area (TPSA) is 64.3 Å². The Balaban J connectivity index is 3.51. The molecular weight excluding hydrogens is 228 g/mol. The minimum atomic E-state index is 0.0902. The molecule has 0 aromatic rings. The van der Waals surface area contributed by atoms with E-state index in [1.165, 1.54) is 0 Å². The Labute approximate surface area is 111 Å². The summed E-state index contributed by atoms with van der Waals surface area (Å²) in [6.07, 6.45) is 5.04. The van der Waals surface area contributed by atoms with Crippen molar-refractivity contribution in [3.8, 4) is 0 Å². The molecule has 3 N–H and O–H groups in total. The zero-order chi connectivity index (χ0) is 13.9. The predicted molar refractivity (Wildman–Crippen MR) is 75.3 cm³/mol. The third-order valence-electron chi connectivity index (χ3n) is 2.88. The predicted octanol–water partition coefficient (Wildman–Crippen LogP) is 1.85. The maximum Gasteiger partial charge on any atom is 0.220 e. The van der Waals surface area contributed by atoms with Crippen LogP contribution in [0.5, 0.6) is 0 Å². The lowest BCUT2D eigenvalue weighted by molar-refractivity contribution is -0.121. The standard InChI is InChI=1S/C14H28N2O2/c1-4-5-11-18-12-10-16-13(17)6-7-14(2,3)8-9-15/h4H,1,5-12,15H2,2-3H3,(H,16,17). The second-order valence-electron chi connectivity index (χ2n) is 5.24. The maximum atomic E-state index is 11.6. The molecule has 18 heavy (non-hydrogen) atoms. The summed E-state index contributed by atoms with van der Waals surface area (Å²) in [6.45, 7) is 10.4. The number of ether oxygens (including phenoxy) is 1. The van der Waals surface area contributed by atoms with Crippen LogP contribution < -0.4 is 11.1 Å². The Hall–Kier alpha value is -0.870. The van der Waals surface area contributed by atoms with E-state index in [-0.39, 0.29) is 11.3 Å². The van der Waals surface area contributed by atoms with Gasteiger partial charge in [0.25, 0.3) is 0 Å². The second kappa shape index (κ2) is 10.1. The molecule has 0 bridgehead atoms. The molecule has 0 aliphatic rings. The van der Waals surface area contributed by atoms with E-state index in [9.17, 15) is 4.79 Å². The van der Waals surface area contributed by atoms with Gasteiger partial charge >= 0.3 is 0 Å². The van der Waals surface area contributed by atoms with Gasteiger partial charge in [-0.1, -0.05) is 19.9 Å².